The summed E-state index contributed by atoms with van der Waals surface area (Å²) in [5.41, 5.74) is 3.38. The third kappa shape index (κ3) is 7.05. The maximum atomic E-state index is 13.7. The molecule has 5 aromatic rings. The number of nitrogens with zero attached hydrogens (tertiary/aromatic N) is 3. The van der Waals surface area contributed by atoms with Gasteiger partial charge in [0, 0.05) is 22.6 Å². The average Bonchev–Trinajstić information content (AvgIpc) is 2.97. The molecule has 3 N–H and O–H groups in total. The van der Waals surface area contributed by atoms with Gasteiger partial charge in [-0.05, 0) is 78.4 Å². The molecule has 0 saturated carbocycles. The van der Waals surface area contributed by atoms with Gasteiger partial charge in [-0.3, -0.25) is 4.79 Å². The Balaban J connectivity index is 1.32. The lowest BCUT2D eigenvalue weighted by Gasteiger charge is -2.12. The van der Waals surface area contributed by atoms with Gasteiger partial charge in [0.05, 0.1) is 7.11 Å². The molecule has 5 rings (SSSR count). The van der Waals surface area contributed by atoms with Crippen LogP contribution in [0.25, 0.3) is 6.08 Å². The molecule has 1 heterocycles. The number of ketones is 1. The van der Waals surface area contributed by atoms with Crippen molar-refractivity contribution in [3.8, 4) is 5.75 Å². The average molecular weight is 533 g/mol. The smallest absolute Gasteiger partial charge is 0.233 e. The number of aromatic nitrogens is 3. The number of hydrogen-bond acceptors (Lipinski definition) is 8. The Morgan fingerprint density at radius 2 is 1.27 bits per heavy atom. The van der Waals surface area contributed by atoms with Gasteiger partial charge in [0.1, 0.15) is 11.6 Å². The van der Waals surface area contributed by atoms with Crippen molar-refractivity contribution in [3.63, 3.8) is 0 Å². The molecule has 0 radical (unpaired) electrons. The van der Waals surface area contributed by atoms with Gasteiger partial charge in [-0.1, -0.05) is 42.5 Å². The van der Waals surface area contributed by atoms with E-state index >= 15 is 0 Å². The molecular formula is C31H25FN6O2. The molecular weight excluding hydrogens is 507 g/mol. The van der Waals surface area contributed by atoms with Crippen molar-refractivity contribution in [1.82, 2.24) is 15.0 Å². The lowest BCUT2D eigenvalue weighted by Crippen LogP contribution is -2.07. The van der Waals surface area contributed by atoms with Crippen molar-refractivity contribution >= 4 is 46.8 Å². The Kier molecular flexibility index (Phi) is 8.02. The summed E-state index contributed by atoms with van der Waals surface area (Å²) in [5, 5.41) is 9.31. The number of ether oxygens (including phenoxy) is 1. The first-order chi connectivity index (χ1) is 19.5. The van der Waals surface area contributed by atoms with Crippen LogP contribution in [0.3, 0.4) is 0 Å². The Labute approximate surface area is 230 Å². The third-order valence-electron chi connectivity index (χ3n) is 5.71. The van der Waals surface area contributed by atoms with Crippen LogP contribution in [0.1, 0.15) is 15.9 Å². The van der Waals surface area contributed by atoms with Crippen LogP contribution >= 0.6 is 0 Å². The van der Waals surface area contributed by atoms with E-state index in [1.54, 1.807) is 49.6 Å². The molecule has 0 fully saturated rings. The quantitative estimate of drug-likeness (QED) is 0.129. The number of rotatable bonds is 10. The molecule has 9 heteroatoms. The molecule has 0 unspecified atom stereocenters. The topological polar surface area (TPSA) is 101 Å². The van der Waals surface area contributed by atoms with E-state index < -0.39 is 0 Å². The highest BCUT2D eigenvalue weighted by atomic mass is 19.1. The Morgan fingerprint density at radius 3 is 1.88 bits per heavy atom. The van der Waals surface area contributed by atoms with Crippen LogP contribution in [0, 0.1) is 5.82 Å². The molecule has 0 spiro atoms. The molecule has 1 aromatic heterocycles. The number of nitrogens with one attached hydrogen (secondary N) is 3. The number of methoxy groups -OCH3 is 1. The number of carbonyl (C=O) groups excluding carboxylic acids is 1. The zero-order chi connectivity index (χ0) is 27.7. The Hall–Kier alpha value is -5.57. The normalized spacial score (nSPS) is 10.8. The first-order valence-electron chi connectivity index (χ1n) is 12.4. The van der Waals surface area contributed by atoms with E-state index in [9.17, 15) is 9.18 Å². The van der Waals surface area contributed by atoms with Crippen LogP contribution in [0.2, 0.25) is 0 Å². The number of benzene rings is 4. The molecule has 40 heavy (non-hydrogen) atoms. The molecule has 0 aliphatic rings. The zero-order valence-electron chi connectivity index (χ0n) is 21.5. The molecule has 0 atom stereocenters. The van der Waals surface area contributed by atoms with Crippen LogP contribution in [0.5, 0.6) is 5.75 Å². The predicted molar refractivity (Wildman–Crippen MR) is 155 cm³/mol. The van der Waals surface area contributed by atoms with Gasteiger partial charge >= 0.3 is 0 Å². The van der Waals surface area contributed by atoms with Crippen LogP contribution in [-0.2, 0) is 0 Å². The van der Waals surface area contributed by atoms with E-state index in [2.05, 4.69) is 30.9 Å². The maximum Gasteiger partial charge on any atom is 0.233 e. The van der Waals surface area contributed by atoms with Crippen molar-refractivity contribution in [2.75, 3.05) is 23.1 Å². The minimum atomic E-state index is -0.381. The summed E-state index contributed by atoms with van der Waals surface area (Å²) in [6.07, 6.45) is 3.29. The maximum absolute atomic E-state index is 13.7. The Bertz CT molecular complexity index is 1620. The highest BCUT2D eigenvalue weighted by Gasteiger charge is 2.10. The number of allylic oxidation sites excluding steroid dienone is 1. The summed E-state index contributed by atoms with van der Waals surface area (Å²) in [5.74, 6) is 1.01. The number of anilines is 6. The minimum Gasteiger partial charge on any atom is -0.497 e. The van der Waals surface area contributed by atoms with Crippen molar-refractivity contribution in [2.24, 2.45) is 0 Å². The summed E-state index contributed by atoms with van der Waals surface area (Å²) in [6.45, 7) is 0. The largest absolute Gasteiger partial charge is 0.497 e. The predicted octanol–water partition coefficient (Wildman–Crippen LogP) is 7.15. The second-order valence-electron chi connectivity index (χ2n) is 8.61. The van der Waals surface area contributed by atoms with Crippen molar-refractivity contribution in [3.05, 3.63) is 126 Å². The molecule has 8 nitrogen and oxygen atoms in total. The fourth-order valence-corrected chi connectivity index (χ4v) is 3.72. The summed E-state index contributed by atoms with van der Waals surface area (Å²) in [4.78, 5) is 26.0. The Morgan fingerprint density at radius 1 is 0.700 bits per heavy atom. The van der Waals surface area contributed by atoms with E-state index in [0.29, 0.717) is 16.9 Å². The molecule has 0 aliphatic carbocycles. The van der Waals surface area contributed by atoms with Gasteiger partial charge in [-0.25, -0.2) is 4.39 Å². The van der Waals surface area contributed by atoms with Gasteiger partial charge in [0.25, 0.3) is 0 Å². The SMILES string of the molecule is COc1ccc(/C=C/C(=O)c2ccc(Nc3nc(Nc4ccccc4)nc(Nc4cccc(F)c4)n3)cc2)cc1. The first-order valence-corrected chi connectivity index (χ1v) is 12.4. The van der Waals surface area contributed by atoms with Crippen molar-refractivity contribution in [2.45, 2.75) is 0 Å². The lowest BCUT2D eigenvalue weighted by molar-refractivity contribution is 0.104. The molecule has 0 bridgehead atoms. The fraction of sp³-hybridized carbons (Fsp3) is 0.0323. The van der Waals surface area contributed by atoms with E-state index in [1.807, 2.05) is 54.6 Å². The van der Waals surface area contributed by atoms with E-state index in [1.165, 1.54) is 18.2 Å². The van der Waals surface area contributed by atoms with Gasteiger partial charge in [-0.15, -0.1) is 0 Å². The summed E-state index contributed by atoms with van der Waals surface area (Å²) >= 11 is 0. The van der Waals surface area contributed by atoms with Crippen LogP contribution in [0.15, 0.2) is 109 Å². The van der Waals surface area contributed by atoms with Crippen LogP contribution in [0.4, 0.5) is 39.3 Å². The molecule has 4 aromatic carbocycles. The molecule has 0 amide bonds. The van der Waals surface area contributed by atoms with Crippen LogP contribution in [-0.4, -0.2) is 27.8 Å². The lowest BCUT2D eigenvalue weighted by atomic mass is 10.1. The zero-order valence-corrected chi connectivity index (χ0v) is 21.5. The molecule has 198 valence electrons. The van der Waals surface area contributed by atoms with Gasteiger partial charge < -0.3 is 20.7 Å². The van der Waals surface area contributed by atoms with Gasteiger partial charge in [-0.2, -0.15) is 15.0 Å². The highest BCUT2D eigenvalue weighted by molar-refractivity contribution is 6.07. The summed E-state index contributed by atoms with van der Waals surface area (Å²) in [7, 11) is 1.61. The molecule has 0 aliphatic heterocycles. The standard InChI is InChI=1S/C31H25FN6O2/c1-40-27-17-10-21(11-18-27)12-19-28(39)22-13-15-25(16-14-22)34-30-36-29(33-24-7-3-2-4-8-24)37-31(38-30)35-26-9-5-6-23(32)20-26/h2-20H,1H3,(H3,33,34,35,36,37,38)/b19-12+. The van der Waals surface area contributed by atoms with E-state index in [4.69, 9.17) is 4.74 Å². The number of halogens is 1. The molecule has 0 saturated heterocycles. The summed E-state index contributed by atoms with van der Waals surface area (Å²) in [6, 6.07) is 29.9. The monoisotopic (exact) mass is 532 g/mol. The van der Waals surface area contributed by atoms with Crippen molar-refractivity contribution < 1.29 is 13.9 Å². The second-order valence-corrected chi connectivity index (χ2v) is 8.61. The van der Waals surface area contributed by atoms with E-state index in [-0.39, 0.29) is 29.4 Å². The van der Waals surface area contributed by atoms with Crippen LogP contribution < -0.4 is 20.7 Å². The van der Waals surface area contributed by atoms with E-state index in [0.717, 1.165) is 17.0 Å². The highest BCUT2D eigenvalue weighted by Crippen LogP contribution is 2.22. The number of para-hydroxylation sites is 1. The summed E-state index contributed by atoms with van der Waals surface area (Å²) < 4.78 is 18.9. The van der Waals surface area contributed by atoms with Gasteiger partial charge in [0.15, 0.2) is 5.78 Å². The second kappa shape index (κ2) is 12.3. The number of carbonyl (C=O) groups is 1. The first kappa shape index (κ1) is 26.1. The third-order valence-corrected chi connectivity index (χ3v) is 5.71. The fourth-order valence-electron chi connectivity index (χ4n) is 3.72. The van der Waals surface area contributed by atoms with Crippen molar-refractivity contribution in [1.29, 1.82) is 0 Å². The number of hydrogen-bond donors (Lipinski definition) is 3. The van der Waals surface area contributed by atoms with Gasteiger partial charge in [0.2, 0.25) is 17.8 Å². The minimum absolute atomic E-state index is 0.126.